The molecule has 2 rings (SSSR count). The first-order chi connectivity index (χ1) is 8.66. The van der Waals surface area contributed by atoms with Gasteiger partial charge in [-0.05, 0) is 30.2 Å². The number of thioether (sulfide) groups is 1. The van der Waals surface area contributed by atoms with Crippen LogP contribution in [0.5, 0.6) is 0 Å². The van der Waals surface area contributed by atoms with Gasteiger partial charge in [-0.2, -0.15) is 0 Å². The summed E-state index contributed by atoms with van der Waals surface area (Å²) in [7, 11) is 0. The van der Waals surface area contributed by atoms with E-state index in [0.29, 0.717) is 5.69 Å². The third-order valence-corrected chi connectivity index (χ3v) is 3.61. The van der Waals surface area contributed by atoms with Crippen molar-refractivity contribution in [1.29, 1.82) is 5.41 Å². The standard InChI is InChI=1S/C14H15N3S/c1-10-5-2-3-6-11(10)9-18-13-8-4-7-12(17-13)14(15)16/h2-8H,9H2,1H3,(H3,15,16). The number of aryl methyl sites for hydroxylation is 1. The topological polar surface area (TPSA) is 62.8 Å². The van der Waals surface area contributed by atoms with E-state index >= 15 is 0 Å². The average molecular weight is 257 g/mol. The van der Waals surface area contributed by atoms with E-state index in [0.717, 1.165) is 10.8 Å². The number of rotatable bonds is 4. The summed E-state index contributed by atoms with van der Waals surface area (Å²) in [4.78, 5) is 4.33. The molecule has 0 saturated carbocycles. The number of aromatic nitrogens is 1. The molecule has 3 N–H and O–H groups in total. The second-order valence-corrected chi connectivity index (χ2v) is 4.99. The Hall–Kier alpha value is -1.81. The number of benzene rings is 1. The SMILES string of the molecule is Cc1ccccc1CSc1cccc(C(=N)N)n1. The van der Waals surface area contributed by atoms with Crippen molar-refractivity contribution in [2.45, 2.75) is 17.7 Å². The molecular weight excluding hydrogens is 242 g/mol. The molecule has 0 amide bonds. The largest absolute Gasteiger partial charge is 0.382 e. The summed E-state index contributed by atoms with van der Waals surface area (Å²) in [6, 6.07) is 13.9. The second kappa shape index (κ2) is 5.69. The van der Waals surface area contributed by atoms with Gasteiger partial charge >= 0.3 is 0 Å². The molecule has 0 bridgehead atoms. The van der Waals surface area contributed by atoms with Crippen molar-refractivity contribution in [2.75, 3.05) is 0 Å². The predicted molar refractivity (Wildman–Crippen MR) is 76.0 cm³/mol. The zero-order valence-electron chi connectivity index (χ0n) is 10.2. The molecule has 0 aliphatic heterocycles. The highest BCUT2D eigenvalue weighted by Gasteiger charge is 2.03. The number of hydrogen-bond donors (Lipinski definition) is 2. The monoisotopic (exact) mass is 257 g/mol. The van der Waals surface area contributed by atoms with Crippen molar-refractivity contribution in [3.05, 3.63) is 59.3 Å². The maximum atomic E-state index is 7.37. The van der Waals surface area contributed by atoms with Gasteiger partial charge in [-0.3, -0.25) is 5.41 Å². The lowest BCUT2D eigenvalue weighted by Gasteiger charge is -2.05. The van der Waals surface area contributed by atoms with Crippen LogP contribution < -0.4 is 5.73 Å². The van der Waals surface area contributed by atoms with Gasteiger partial charge in [-0.25, -0.2) is 4.98 Å². The minimum Gasteiger partial charge on any atom is -0.382 e. The Balaban J connectivity index is 2.09. The van der Waals surface area contributed by atoms with Crippen LogP contribution in [0.1, 0.15) is 16.8 Å². The van der Waals surface area contributed by atoms with Gasteiger partial charge in [-0.1, -0.05) is 30.3 Å². The third-order valence-electron chi connectivity index (χ3n) is 2.64. The molecule has 0 saturated heterocycles. The summed E-state index contributed by atoms with van der Waals surface area (Å²) in [6.07, 6.45) is 0. The van der Waals surface area contributed by atoms with E-state index in [2.05, 4.69) is 24.0 Å². The molecular formula is C14H15N3S. The highest BCUT2D eigenvalue weighted by atomic mass is 32.2. The van der Waals surface area contributed by atoms with Crippen LogP contribution in [0.4, 0.5) is 0 Å². The van der Waals surface area contributed by atoms with E-state index in [1.165, 1.54) is 11.1 Å². The number of nitrogens with two attached hydrogens (primary N) is 1. The van der Waals surface area contributed by atoms with E-state index in [9.17, 15) is 0 Å². The molecule has 1 aromatic carbocycles. The van der Waals surface area contributed by atoms with Gasteiger partial charge in [0.2, 0.25) is 0 Å². The maximum absolute atomic E-state index is 7.37. The molecule has 0 fully saturated rings. The van der Waals surface area contributed by atoms with Crippen molar-refractivity contribution >= 4 is 17.6 Å². The molecule has 3 nitrogen and oxygen atoms in total. The van der Waals surface area contributed by atoms with Crippen LogP contribution in [0, 0.1) is 12.3 Å². The highest BCUT2D eigenvalue weighted by Crippen LogP contribution is 2.22. The Morgan fingerprint density at radius 1 is 1.22 bits per heavy atom. The summed E-state index contributed by atoms with van der Waals surface area (Å²) in [5.41, 5.74) is 8.55. The van der Waals surface area contributed by atoms with Crippen LogP contribution in [-0.4, -0.2) is 10.8 Å². The fraction of sp³-hybridized carbons (Fsp3) is 0.143. The Bertz CT molecular complexity index is 566. The minimum atomic E-state index is 0.00772. The zero-order chi connectivity index (χ0) is 13.0. The van der Waals surface area contributed by atoms with E-state index in [-0.39, 0.29) is 5.84 Å². The van der Waals surface area contributed by atoms with Crippen molar-refractivity contribution in [1.82, 2.24) is 4.98 Å². The molecule has 0 aliphatic carbocycles. The molecule has 0 aliphatic rings. The lowest BCUT2D eigenvalue weighted by molar-refractivity contribution is 1.10. The first-order valence-corrected chi connectivity index (χ1v) is 6.64. The predicted octanol–water partition coefficient (Wildman–Crippen LogP) is 2.97. The van der Waals surface area contributed by atoms with Crippen molar-refractivity contribution < 1.29 is 0 Å². The average Bonchev–Trinajstić information content (AvgIpc) is 2.38. The fourth-order valence-electron chi connectivity index (χ4n) is 1.57. The molecule has 92 valence electrons. The Labute approximate surface area is 111 Å². The van der Waals surface area contributed by atoms with Crippen LogP contribution in [0.25, 0.3) is 0 Å². The molecule has 1 heterocycles. The summed E-state index contributed by atoms with van der Waals surface area (Å²) >= 11 is 1.66. The van der Waals surface area contributed by atoms with Gasteiger partial charge in [0, 0.05) is 5.75 Å². The zero-order valence-corrected chi connectivity index (χ0v) is 11.0. The number of pyridine rings is 1. The highest BCUT2D eigenvalue weighted by molar-refractivity contribution is 7.98. The van der Waals surface area contributed by atoms with Gasteiger partial charge < -0.3 is 5.73 Å². The van der Waals surface area contributed by atoms with Gasteiger partial charge in [0.15, 0.2) is 0 Å². The lowest BCUT2D eigenvalue weighted by Crippen LogP contribution is -2.13. The van der Waals surface area contributed by atoms with Crippen molar-refractivity contribution in [3.63, 3.8) is 0 Å². The van der Waals surface area contributed by atoms with Gasteiger partial charge in [0.25, 0.3) is 0 Å². The smallest absolute Gasteiger partial charge is 0.141 e. The van der Waals surface area contributed by atoms with Crippen LogP contribution in [0.15, 0.2) is 47.5 Å². The number of hydrogen-bond acceptors (Lipinski definition) is 3. The van der Waals surface area contributed by atoms with E-state index < -0.39 is 0 Å². The summed E-state index contributed by atoms with van der Waals surface area (Å²) in [5.74, 6) is 0.884. The van der Waals surface area contributed by atoms with E-state index in [4.69, 9.17) is 11.1 Å². The quantitative estimate of drug-likeness (QED) is 0.503. The van der Waals surface area contributed by atoms with Gasteiger partial charge in [0.05, 0.1) is 5.03 Å². The molecule has 0 spiro atoms. The number of nitrogens with zero attached hydrogens (tertiary/aromatic N) is 1. The summed E-state index contributed by atoms with van der Waals surface area (Å²) < 4.78 is 0. The Morgan fingerprint density at radius 3 is 2.72 bits per heavy atom. The van der Waals surface area contributed by atoms with Crippen LogP contribution in [0.3, 0.4) is 0 Å². The molecule has 18 heavy (non-hydrogen) atoms. The molecule has 4 heteroatoms. The first kappa shape index (κ1) is 12.6. The minimum absolute atomic E-state index is 0.00772. The van der Waals surface area contributed by atoms with Gasteiger partial charge in [-0.15, -0.1) is 11.8 Å². The van der Waals surface area contributed by atoms with Crippen molar-refractivity contribution in [3.8, 4) is 0 Å². The number of nitrogen functional groups attached to an aromatic ring is 1. The molecule has 0 atom stereocenters. The summed E-state index contributed by atoms with van der Waals surface area (Å²) in [5, 5.41) is 8.26. The van der Waals surface area contributed by atoms with Crippen molar-refractivity contribution in [2.24, 2.45) is 5.73 Å². The third kappa shape index (κ3) is 3.11. The molecule has 0 radical (unpaired) electrons. The number of amidine groups is 1. The Morgan fingerprint density at radius 2 is 2.00 bits per heavy atom. The summed E-state index contributed by atoms with van der Waals surface area (Å²) in [6.45, 7) is 2.11. The van der Waals surface area contributed by atoms with Crippen LogP contribution in [-0.2, 0) is 5.75 Å². The first-order valence-electron chi connectivity index (χ1n) is 5.65. The molecule has 1 aromatic heterocycles. The Kier molecular flexibility index (Phi) is 3.99. The van der Waals surface area contributed by atoms with E-state index in [1.54, 1.807) is 17.8 Å². The maximum Gasteiger partial charge on any atom is 0.141 e. The fourth-order valence-corrected chi connectivity index (χ4v) is 2.53. The lowest BCUT2D eigenvalue weighted by atomic mass is 10.1. The van der Waals surface area contributed by atoms with Crippen LogP contribution in [0.2, 0.25) is 0 Å². The molecule has 0 unspecified atom stereocenters. The normalized spacial score (nSPS) is 10.3. The van der Waals surface area contributed by atoms with E-state index in [1.807, 2.05) is 24.3 Å². The number of nitrogens with one attached hydrogen (secondary N) is 1. The molecule has 2 aromatic rings. The van der Waals surface area contributed by atoms with Crippen LogP contribution >= 0.6 is 11.8 Å². The van der Waals surface area contributed by atoms with Gasteiger partial charge in [0.1, 0.15) is 11.5 Å². The second-order valence-electron chi connectivity index (χ2n) is 3.99.